The van der Waals surface area contributed by atoms with Gasteiger partial charge in [0.05, 0.1) is 11.2 Å². The predicted molar refractivity (Wildman–Crippen MR) is 128 cm³/mol. The molecule has 0 saturated carbocycles. The molecule has 2 aromatic carbocycles. The van der Waals surface area contributed by atoms with Gasteiger partial charge in [0.1, 0.15) is 0 Å². The van der Waals surface area contributed by atoms with E-state index in [-0.39, 0.29) is 23.7 Å². The summed E-state index contributed by atoms with van der Waals surface area (Å²) in [6.45, 7) is 17.3. The molecule has 1 aliphatic rings. The Balaban J connectivity index is 1.97. The second-order valence-electron chi connectivity index (χ2n) is 10.6. The average Bonchev–Trinajstić information content (AvgIpc) is 2.87. The highest BCUT2D eigenvalue weighted by Gasteiger charge is 2.51. The van der Waals surface area contributed by atoms with E-state index in [0.717, 1.165) is 23.0 Å². The molecule has 3 rings (SSSR count). The molecule has 0 aliphatic carbocycles. The van der Waals surface area contributed by atoms with Crippen molar-refractivity contribution in [1.82, 2.24) is 0 Å². The fraction of sp³-hybridized carbons (Fsp3) is 0.444. The summed E-state index contributed by atoms with van der Waals surface area (Å²) in [4.78, 5) is 0. The summed E-state index contributed by atoms with van der Waals surface area (Å²) < 4.78 is 12.4. The lowest BCUT2D eigenvalue weighted by Crippen LogP contribution is -2.41. The fourth-order valence-corrected chi connectivity index (χ4v) is 3.75. The van der Waals surface area contributed by atoms with Crippen LogP contribution in [0.15, 0.2) is 65.9 Å². The molecule has 0 atom stereocenters. The first-order valence-corrected chi connectivity index (χ1v) is 10.9. The van der Waals surface area contributed by atoms with Gasteiger partial charge in [0.15, 0.2) is 0 Å². The number of hydrogen-bond acceptors (Lipinski definition) is 2. The lowest BCUT2D eigenvalue weighted by molar-refractivity contribution is 0.00578. The zero-order valence-corrected chi connectivity index (χ0v) is 19.8. The maximum absolute atomic E-state index is 6.21. The van der Waals surface area contributed by atoms with E-state index in [0.29, 0.717) is 0 Å². The van der Waals surface area contributed by atoms with Crippen molar-refractivity contribution in [3.63, 3.8) is 0 Å². The SMILES string of the molecule is CC(=C=C(c1ccccc1)c1ccc(B2OC(C)(C)C(C)(C)O2)cc1)CC(C)(C)C. The first-order valence-electron chi connectivity index (χ1n) is 10.9. The minimum absolute atomic E-state index is 0.236. The van der Waals surface area contributed by atoms with Crippen molar-refractivity contribution >= 4 is 18.2 Å². The maximum Gasteiger partial charge on any atom is 0.494 e. The normalized spacial score (nSPS) is 17.5. The molecule has 0 bridgehead atoms. The number of rotatable bonds is 4. The maximum atomic E-state index is 6.21. The molecule has 158 valence electrons. The van der Waals surface area contributed by atoms with E-state index in [4.69, 9.17) is 9.31 Å². The van der Waals surface area contributed by atoms with Gasteiger partial charge in [-0.1, -0.05) is 75.4 Å². The molecule has 0 spiro atoms. The van der Waals surface area contributed by atoms with E-state index < -0.39 is 0 Å². The van der Waals surface area contributed by atoms with E-state index in [1.165, 1.54) is 11.1 Å². The molecule has 1 aliphatic heterocycles. The average molecular weight is 402 g/mol. The van der Waals surface area contributed by atoms with Crippen molar-refractivity contribution in [2.24, 2.45) is 5.41 Å². The first kappa shape index (κ1) is 22.6. The molecular weight excluding hydrogens is 367 g/mol. The first-order chi connectivity index (χ1) is 13.9. The van der Waals surface area contributed by atoms with Crippen LogP contribution in [0.1, 0.15) is 72.9 Å². The summed E-state index contributed by atoms with van der Waals surface area (Å²) in [7, 11) is -0.341. The number of allylic oxidation sites excluding steroid dienone is 1. The Morgan fingerprint density at radius 1 is 0.833 bits per heavy atom. The van der Waals surface area contributed by atoms with Crippen LogP contribution in [0.25, 0.3) is 5.57 Å². The monoisotopic (exact) mass is 402 g/mol. The molecule has 1 saturated heterocycles. The van der Waals surface area contributed by atoms with Gasteiger partial charge in [0.2, 0.25) is 0 Å². The second-order valence-corrected chi connectivity index (χ2v) is 10.6. The molecule has 0 radical (unpaired) electrons. The van der Waals surface area contributed by atoms with Crippen LogP contribution in [0.5, 0.6) is 0 Å². The molecule has 0 unspecified atom stereocenters. The molecule has 2 aromatic rings. The van der Waals surface area contributed by atoms with Gasteiger partial charge >= 0.3 is 7.12 Å². The zero-order chi connectivity index (χ0) is 22.2. The summed E-state index contributed by atoms with van der Waals surface area (Å²) in [5, 5.41) is 0. The van der Waals surface area contributed by atoms with E-state index in [1.54, 1.807) is 0 Å². The number of hydrogen-bond donors (Lipinski definition) is 0. The molecule has 0 aromatic heterocycles. The van der Waals surface area contributed by atoms with Crippen molar-refractivity contribution in [3.8, 4) is 0 Å². The van der Waals surface area contributed by atoms with Gasteiger partial charge in [-0.3, -0.25) is 0 Å². The summed E-state index contributed by atoms with van der Waals surface area (Å²) in [5.74, 6) is 0. The fourth-order valence-electron chi connectivity index (χ4n) is 3.75. The van der Waals surface area contributed by atoms with Crippen LogP contribution < -0.4 is 5.46 Å². The molecule has 30 heavy (non-hydrogen) atoms. The van der Waals surface area contributed by atoms with Crippen LogP contribution in [0.3, 0.4) is 0 Å². The van der Waals surface area contributed by atoms with Gasteiger partial charge < -0.3 is 9.31 Å². The van der Waals surface area contributed by atoms with Gasteiger partial charge in [-0.05, 0) is 68.6 Å². The Morgan fingerprint density at radius 2 is 1.33 bits per heavy atom. The molecule has 2 nitrogen and oxygen atoms in total. The van der Waals surface area contributed by atoms with Crippen LogP contribution in [0.4, 0.5) is 0 Å². The summed E-state index contributed by atoms with van der Waals surface area (Å²) in [6, 6.07) is 19.0. The molecule has 3 heteroatoms. The lowest BCUT2D eigenvalue weighted by Gasteiger charge is -2.32. The third kappa shape index (κ3) is 5.16. The van der Waals surface area contributed by atoms with Gasteiger partial charge in [0, 0.05) is 5.57 Å². The van der Waals surface area contributed by atoms with E-state index in [9.17, 15) is 0 Å². The van der Waals surface area contributed by atoms with Crippen molar-refractivity contribution in [3.05, 3.63) is 77.0 Å². The molecule has 1 heterocycles. The van der Waals surface area contributed by atoms with Gasteiger partial charge in [0.25, 0.3) is 0 Å². The van der Waals surface area contributed by atoms with Gasteiger partial charge in [-0.25, -0.2) is 0 Å². The summed E-state index contributed by atoms with van der Waals surface area (Å²) in [5.41, 5.74) is 9.01. The van der Waals surface area contributed by atoms with Crippen LogP contribution in [-0.4, -0.2) is 18.3 Å². The summed E-state index contributed by atoms with van der Waals surface area (Å²) in [6.07, 6.45) is 1.01. The van der Waals surface area contributed by atoms with Crippen molar-refractivity contribution < 1.29 is 9.31 Å². The third-order valence-electron chi connectivity index (χ3n) is 5.92. The van der Waals surface area contributed by atoms with Crippen molar-refractivity contribution in [2.45, 2.75) is 73.0 Å². The smallest absolute Gasteiger partial charge is 0.399 e. The second kappa shape index (κ2) is 8.23. The van der Waals surface area contributed by atoms with E-state index in [1.807, 2.05) is 6.07 Å². The molecule has 1 fully saturated rings. The Bertz CT molecular complexity index is 925. The van der Waals surface area contributed by atoms with Crippen LogP contribution in [0.2, 0.25) is 0 Å². The highest BCUT2D eigenvalue weighted by Crippen LogP contribution is 2.36. The highest BCUT2D eigenvalue weighted by atomic mass is 16.7. The third-order valence-corrected chi connectivity index (χ3v) is 5.92. The number of benzene rings is 2. The minimum Gasteiger partial charge on any atom is -0.399 e. The van der Waals surface area contributed by atoms with Crippen molar-refractivity contribution in [1.29, 1.82) is 0 Å². The predicted octanol–water partition coefficient (Wildman–Crippen LogP) is 6.40. The van der Waals surface area contributed by atoms with Gasteiger partial charge in [-0.15, -0.1) is 5.73 Å². The molecule has 0 N–H and O–H groups in total. The molecule has 0 amide bonds. The van der Waals surface area contributed by atoms with E-state index in [2.05, 4.69) is 110 Å². The zero-order valence-electron chi connectivity index (χ0n) is 19.8. The molecular formula is C27H35BO2. The topological polar surface area (TPSA) is 18.5 Å². The largest absolute Gasteiger partial charge is 0.494 e. The lowest BCUT2D eigenvalue weighted by atomic mass is 9.78. The Morgan fingerprint density at radius 3 is 1.83 bits per heavy atom. The standard InChI is InChI=1S/C27H35BO2/c1-20(19-25(2,3)4)18-24(21-12-10-9-11-13-21)22-14-16-23(17-15-22)28-29-26(5,6)27(7,8)30-28/h9-17H,19H2,1-8H3. The minimum atomic E-state index is -0.341. The highest BCUT2D eigenvalue weighted by molar-refractivity contribution is 6.62. The van der Waals surface area contributed by atoms with Gasteiger partial charge in [-0.2, -0.15) is 0 Å². The van der Waals surface area contributed by atoms with Crippen LogP contribution in [0, 0.1) is 5.41 Å². The van der Waals surface area contributed by atoms with Crippen molar-refractivity contribution in [2.75, 3.05) is 0 Å². The summed E-state index contributed by atoms with van der Waals surface area (Å²) >= 11 is 0. The quantitative estimate of drug-likeness (QED) is 0.435. The Kier molecular flexibility index (Phi) is 6.21. The van der Waals surface area contributed by atoms with E-state index >= 15 is 0 Å². The van der Waals surface area contributed by atoms with Crippen LogP contribution >= 0.6 is 0 Å². The Hall–Kier alpha value is -2.06. The Labute approximate surface area is 183 Å². The van der Waals surface area contributed by atoms with Crippen LogP contribution in [-0.2, 0) is 9.31 Å².